The molecule has 0 saturated carbocycles. The van der Waals surface area contributed by atoms with E-state index in [-0.39, 0.29) is 12.0 Å². The molecule has 0 bridgehead atoms. The van der Waals surface area contributed by atoms with Crippen molar-refractivity contribution in [1.29, 1.82) is 0 Å². The number of likely N-dealkylation sites (N-methyl/N-ethyl adjacent to an activating group) is 1. The number of ether oxygens (including phenoxy) is 1. The number of aromatic nitrogens is 1. The van der Waals surface area contributed by atoms with Gasteiger partial charge in [-0.25, -0.2) is 4.79 Å². The van der Waals surface area contributed by atoms with Crippen molar-refractivity contribution in [2.24, 2.45) is 0 Å². The van der Waals surface area contributed by atoms with Gasteiger partial charge >= 0.3 is 5.97 Å². The van der Waals surface area contributed by atoms with Gasteiger partial charge in [-0.15, -0.1) is 0 Å². The number of likely N-dealkylation sites (tertiary alicyclic amines) is 1. The minimum atomic E-state index is -0.898. The summed E-state index contributed by atoms with van der Waals surface area (Å²) in [6.07, 6.45) is 2.94. The van der Waals surface area contributed by atoms with Gasteiger partial charge in [0.25, 0.3) is 0 Å². The molecule has 4 rings (SSSR count). The number of carboxylic acids is 1. The Kier molecular flexibility index (Phi) is 4.85. The lowest BCUT2D eigenvalue weighted by Crippen LogP contribution is -2.42. The number of aryl methyl sites for hydroxylation is 2. The Labute approximate surface area is 164 Å². The maximum absolute atomic E-state index is 11.2. The lowest BCUT2D eigenvalue weighted by molar-refractivity contribution is 0.0696. The van der Waals surface area contributed by atoms with Gasteiger partial charge in [0.15, 0.2) is 0 Å². The largest absolute Gasteiger partial charge is 0.489 e. The van der Waals surface area contributed by atoms with Gasteiger partial charge in [-0.2, -0.15) is 0 Å². The molecule has 2 aromatic carbocycles. The average molecular weight is 378 g/mol. The van der Waals surface area contributed by atoms with Crippen molar-refractivity contribution < 1.29 is 14.6 Å². The van der Waals surface area contributed by atoms with Crippen LogP contribution in [0.3, 0.4) is 0 Å². The molecule has 2 atom stereocenters. The summed E-state index contributed by atoms with van der Waals surface area (Å²) in [4.78, 5) is 16.8. The number of nitrogens with zero attached hydrogens (tertiary/aromatic N) is 1. The number of benzene rings is 2. The monoisotopic (exact) mass is 378 g/mol. The molecule has 0 amide bonds. The molecule has 0 radical (unpaired) electrons. The highest BCUT2D eigenvalue weighted by atomic mass is 16.5. The summed E-state index contributed by atoms with van der Waals surface area (Å²) < 4.78 is 6.64. The summed E-state index contributed by atoms with van der Waals surface area (Å²) in [6.45, 7) is 6.08. The summed E-state index contributed by atoms with van der Waals surface area (Å²) in [6, 6.07) is 11.5. The van der Waals surface area contributed by atoms with Gasteiger partial charge in [0.2, 0.25) is 0 Å². The summed E-state index contributed by atoms with van der Waals surface area (Å²) in [7, 11) is 2.12. The number of fused-ring (bicyclic) bond motifs is 1. The quantitative estimate of drug-likeness (QED) is 0.708. The Bertz CT molecular complexity index is 1010. The first-order valence-electron chi connectivity index (χ1n) is 9.70. The van der Waals surface area contributed by atoms with Crippen molar-refractivity contribution in [3.63, 3.8) is 0 Å². The highest BCUT2D eigenvalue weighted by molar-refractivity contribution is 5.90. The highest BCUT2D eigenvalue weighted by Gasteiger charge is 2.31. The van der Waals surface area contributed by atoms with Crippen molar-refractivity contribution >= 4 is 16.9 Å². The SMILES string of the molecule is Cc1cc(C)c2[nH]ccc2c1O[C@@H]1CCN(C)C[C@H]1c1ccc(C(=O)O)cc1. The van der Waals surface area contributed by atoms with Crippen LogP contribution in [0.5, 0.6) is 5.75 Å². The van der Waals surface area contributed by atoms with E-state index in [1.165, 1.54) is 5.56 Å². The van der Waals surface area contributed by atoms with Crippen LogP contribution < -0.4 is 4.74 Å². The number of hydrogen-bond donors (Lipinski definition) is 2. The summed E-state index contributed by atoms with van der Waals surface area (Å²) >= 11 is 0. The van der Waals surface area contributed by atoms with Crippen LogP contribution >= 0.6 is 0 Å². The van der Waals surface area contributed by atoms with Crippen molar-refractivity contribution in [1.82, 2.24) is 9.88 Å². The van der Waals surface area contributed by atoms with Crippen LogP contribution in [0.25, 0.3) is 10.9 Å². The number of rotatable bonds is 4. The van der Waals surface area contributed by atoms with Crippen molar-refractivity contribution in [2.45, 2.75) is 32.3 Å². The van der Waals surface area contributed by atoms with E-state index in [0.717, 1.165) is 47.3 Å². The van der Waals surface area contributed by atoms with Crippen LogP contribution in [0.1, 0.15) is 39.4 Å². The molecule has 1 saturated heterocycles. The lowest BCUT2D eigenvalue weighted by atomic mass is 9.87. The van der Waals surface area contributed by atoms with Crippen molar-refractivity contribution in [3.8, 4) is 5.75 Å². The molecule has 5 nitrogen and oxygen atoms in total. The molecule has 5 heteroatoms. The van der Waals surface area contributed by atoms with Gasteiger partial charge in [0, 0.05) is 30.6 Å². The third-order valence-electron chi connectivity index (χ3n) is 5.78. The van der Waals surface area contributed by atoms with Gasteiger partial charge < -0.3 is 19.7 Å². The molecule has 1 aromatic heterocycles. The smallest absolute Gasteiger partial charge is 0.335 e. The van der Waals surface area contributed by atoms with Crippen LogP contribution in [-0.2, 0) is 0 Å². The number of hydrogen-bond acceptors (Lipinski definition) is 3. The van der Waals surface area contributed by atoms with Crippen LogP contribution in [0.2, 0.25) is 0 Å². The molecule has 1 fully saturated rings. The highest BCUT2D eigenvalue weighted by Crippen LogP contribution is 2.36. The average Bonchev–Trinajstić information content (AvgIpc) is 3.16. The summed E-state index contributed by atoms with van der Waals surface area (Å²) in [5.74, 6) is 0.241. The molecule has 3 aromatic rings. The Hall–Kier alpha value is -2.79. The third kappa shape index (κ3) is 3.38. The normalized spacial score (nSPS) is 20.4. The zero-order valence-electron chi connectivity index (χ0n) is 16.5. The van der Waals surface area contributed by atoms with Gasteiger partial charge in [0.1, 0.15) is 11.9 Å². The fourth-order valence-electron chi connectivity index (χ4n) is 4.30. The Morgan fingerprint density at radius 2 is 1.93 bits per heavy atom. The fraction of sp³-hybridized carbons (Fsp3) is 0.348. The van der Waals surface area contributed by atoms with E-state index >= 15 is 0 Å². The minimum Gasteiger partial charge on any atom is -0.489 e. The number of carbonyl (C=O) groups is 1. The molecule has 1 aliphatic heterocycles. The molecule has 2 heterocycles. The van der Waals surface area contributed by atoms with Crippen LogP contribution in [0, 0.1) is 13.8 Å². The second kappa shape index (κ2) is 7.32. The number of nitrogens with one attached hydrogen (secondary N) is 1. The fourth-order valence-corrected chi connectivity index (χ4v) is 4.30. The zero-order chi connectivity index (χ0) is 19.8. The van der Waals surface area contributed by atoms with Crippen molar-refractivity contribution in [2.75, 3.05) is 20.1 Å². The molecule has 2 N–H and O–H groups in total. The maximum Gasteiger partial charge on any atom is 0.335 e. The van der Waals surface area contributed by atoms with E-state index in [1.807, 2.05) is 18.3 Å². The van der Waals surface area contributed by atoms with Crippen LogP contribution in [0.15, 0.2) is 42.6 Å². The maximum atomic E-state index is 11.2. The predicted molar refractivity (Wildman–Crippen MR) is 110 cm³/mol. The molecule has 0 spiro atoms. The number of aromatic amines is 1. The third-order valence-corrected chi connectivity index (χ3v) is 5.78. The Balaban J connectivity index is 1.67. The Morgan fingerprint density at radius 3 is 2.64 bits per heavy atom. The first-order valence-corrected chi connectivity index (χ1v) is 9.70. The Morgan fingerprint density at radius 1 is 1.18 bits per heavy atom. The zero-order valence-corrected chi connectivity index (χ0v) is 16.5. The van der Waals surface area contributed by atoms with Gasteiger partial charge in [-0.05, 0) is 62.2 Å². The van der Waals surface area contributed by atoms with E-state index in [4.69, 9.17) is 4.74 Å². The number of carboxylic acid groups (broad SMARTS) is 1. The van der Waals surface area contributed by atoms with Crippen LogP contribution in [-0.4, -0.2) is 47.2 Å². The second-order valence-corrected chi connectivity index (χ2v) is 7.85. The minimum absolute atomic E-state index is 0.0476. The molecule has 0 aliphatic carbocycles. The standard InChI is InChI=1S/C23H26N2O3/c1-14-12-15(2)22(18-8-10-24-21(14)18)28-20-9-11-25(3)13-19(20)16-4-6-17(7-5-16)23(26)27/h4-8,10,12,19-20,24H,9,11,13H2,1-3H3,(H,26,27)/t19-,20+/m0/s1. The molecular weight excluding hydrogens is 352 g/mol. The predicted octanol–water partition coefficient (Wildman–Crippen LogP) is 4.35. The van der Waals surface area contributed by atoms with E-state index in [1.54, 1.807) is 12.1 Å². The molecular formula is C23H26N2O3. The molecule has 0 unspecified atom stereocenters. The molecule has 1 aliphatic rings. The van der Waals surface area contributed by atoms with Gasteiger partial charge in [-0.3, -0.25) is 0 Å². The van der Waals surface area contributed by atoms with E-state index in [9.17, 15) is 9.90 Å². The second-order valence-electron chi connectivity index (χ2n) is 7.85. The summed E-state index contributed by atoms with van der Waals surface area (Å²) in [5.41, 5.74) is 4.92. The summed E-state index contributed by atoms with van der Waals surface area (Å²) in [5, 5.41) is 10.3. The topological polar surface area (TPSA) is 65.6 Å². The van der Waals surface area contributed by atoms with Crippen molar-refractivity contribution in [3.05, 3.63) is 64.8 Å². The lowest BCUT2D eigenvalue weighted by Gasteiger charge is -2.37. The van der Waals surface area contributed by atoms with E-state index in [0.29, 0.717) is 5.56 Å². The molecule has 28 heavy (non-hydrogen) atoms. The molecule has 146 valence electrons. The number of piperidine rings is 1. The van der Waals surface area contributed by atoms with Crippen LogP contribution in [0.4, 0.5) is 0 Å². The number of aromatic carboxylic acids is 1. The van der Waals surface area contributed by atoms with E-state index in [2.05, 4.69) is 42.9 Å². The first-order chi connectivity index (χ1) is 13.4. The van der Waals surface area contributed by atoms with E-state index < -0.39 is 5.97 Å². The first kappa shape index (κ1) is 18.6. The van der Waals surface area contributed by atoms with Gasteiger partial charge in [-0.1, -0.05) is 18.2 Å². The van der Waals surface area contributed by atoms with Gasteiger partial charge in [0.05, 0.1) is 11.1 Å². The number of H-pyrrole nitrogens is 1.